The highest BCUT2D eigenvalue weighted by molar-refractivity contribution is 5.14. The molecule has 1 saturated carbocycles. The topological polar surface area (TPSA) is 47.0 Å². The van der Waals surface area contributed by atoms with E-state index in [4.69, 9.17) is 4.74 Å². The summed E-state index contributed by atoms with van der Waals surface area (Å²) in [7, 11) is 1.65. The number of nitrogens with one attached hydrogen (secondary N) is 1. The molecule has 1 N–H and O–H groups in total. The molecule has 0 amide bonds. The van der Waals surface area contributed by atoms with E-state index in [2.05, 4.69) is 29.1 Å². The lowest BCUT2D eigenvalue weighted by Crippen LogP contribution is -2.40. The molecule has 1 atom stereocenters. The predicted octanol–water partition coefficient (Wildman–Crippen LogP) is 3.22. The minimum Gasteiger partial charge on any atom is -0.481 e. The summed E-state index contributed by atoms with van der Waals surface area (Å²) >= 11 is 0. The highest BCUT2D eigenvalue weighted by Gasteiger charge is 2.26. The first-order valence-electron chi connectivity index (χ1n) is 8.31. The Labute approximate surface area is 128 Å². The molecule has 21 heavy (non-hydrogen) atoms. The van der Waals surface area contributed by atoms with Crippen molar-refractivity contribution in [3.05, 3.63) is 18.1 Å². The van der Waals surface area contributed by atoms with Crippen molar-refractivity contribution >= 4 is 0 Å². The zero-order valence-corrected chi connectivity index (χ0v) is 13.6. The van der Waals surface area contributed by atoms with E-state index in [0.717, 1.165) is 30.5 Å². The maximum Gasteiger partial charge on any atom is 0.216 e. The molecule has 0 saturated heterocycles. The Morgan fingerprint density at radius 2 is 2.05 bits per heavy atom. The molecular formula is C17H29N3O. The first-order valence-corrected chi connectivity index (χ1v) is 8.31. The van der Waals surface area contributed by atoms with Gasteiger partial charge in [-0.15, -0.1) is 0 Å². The second kappa shape index (κ2) is 8.32. The van der Waals surface area contributed by atoms with Crippen LogP contribution in [-0.4, -0.2) is 29.7 Å². The molecule has 2 rings (SSSR count). The van der Waals surface area contributed by atoms with Gasteiger partial charge in [0.1, 0.15) is 6.33 Å². The summed E-state index contributed by atoms with van der Waals surface area (Å²) in [4.78, 5) is 8.51. The summed E-state index contributed by atoms with van der Waals surface area (Å²) in [6.07, 6.45) is 9.15. The van der Waals surface area contributed by atoms with Crippen LogP contribution in [0.5, 0.6) is 5.88 Å². The number of hydrogen-bond donors (Lipinski definition) is 1. The monoisotopic (exact) mass is 291 g/mol. The fraction of sp³-hybridized carbons (Fsp3) is 0.765. The molecule has 0 spiro atoms. The van der Waals surface area contributed by atoms with Gasteiger partial charge in [-0.05, 0) is 37.6 Å². The molecule has 1 aromatic heterocycles. The van der Waals surface area contributed by atoms with Crippen molar-refractivity contribution in [2.45, 2.75) is 58.4 Å². The summed E-state index contributed by atoms with van der Waals surface area (Å²) in [6, 6.07) is 2.49. The lowest BCUT2D eigenvalue weighted by molar-refractivity contribution is 0.228. The summed E-state index contributed by atoms with van der Waals surface area (Å²) in [5.41, 5.74) is 1.08. The molecule has 4 heteroatoms. The van der Waals surface area contributed by atoms with Gasteiger partial charge in [-0.1, -0.05) is 26.7 Å². The highest BCUT2D eigenvalue weighted by Crippen LogP contribution is 2.31. The van der Waals surface area contributed by atoms with Crippen LogP contribution in [0.25, 0.3) is 0 Å². The van der Waals surface area contributed by atoms with Crippen LogP contribution in [0.3, 0.4) is 0 Å². The van der Waals surface area contributed by atoms with Crippen molar-refractivity contribution in [1.29, 1.82) is 0 Å². The van der Waals surface area contributed by atoms with Crippen LogP contribution < -0.4 is 10.1 Å². The molecule has 1 heterocycles. The average Bonchev–Trinajstić information content (AvgIpc) is 2.52. The van der Waals surface area contributed by atoms with Gasteiger partial charge in [0.15, 0.2) is 0 Å². The number of hydrogen-bond acceptors (Lipinski definition) is 4. The van der Waals surface area contributed by atoms with Crippen molar-refractivity contribution in [3.8, 4) is 5.88 Å². The Bertz CT molecular complexity index is 416. The minimum atomic E-state index is 0.525. The highest BCUT2D eigenvalue weighted by atomic mass is 16.5. The van der Waals surface area contributed by atoms with Crippen LogP contribution in [0.1, 0.15) is 51.6 Å². The van der Waals surface area contributed by atoms with Gasteiger partial charge in [0, 0.05) is 24.2 Å². The van der Waals surface area contributed by atoms with E-state index < -0.39 is 0 Å². The van der Waals surface area contributed by atoms with Crippen molar-refractivity contribution in [3.63, 3.8) is 0 Å². The second-order valence-corrected chi connectivity index (χ2v) is 6.34. The van der Waals surface area contributed by atoms with Crippen LogP contribution >= 0.6 is 0 Å². The van der Waals surface area contributed by atoms with Crippen molar-refractivity contribution in [2.24, 2.45) is 11.8 Å². The number of ether oxygens (including phenoxy) is 1. The maximum atomic E-state index is 5.21. The number of nitrogens with zero attached hydrogens (tertiary/aromatic N) is 2. The van der Waals surface area contributed by atoms with Gasteiger partial charge in [0.2, 0.25) is 5.88 Å². The summed E-state index contributed by atoms with van der Waals surface area (Å²) in [6.45, 7) is 5.68. The fourth-order valence-electron chi connectivity index (χ4n) is 3.25. The molecule has 1 aliphatic carbocycles. The third-order valence-corrected chi connectivity index (χ3v) is 4.62. The molecule has 1 fully saturated rings. The number of rotatable bonds is 7. The first kappa shape index (κ1) is 16.2. The molecule has 1 aromatic rings. The van der Waals surface area contributed by atoms with Gasteiger partial charge in [-0.2, -0.15) is 0 Å². The normalized spacial score (nSPS) is 23.8. The van der Waals surface area contributed by atoms with Crippen LogP contribution in [0, 0.1) is 11.8 Å². The maximum absolute atomic E-state index is 5.21. The van der Waals surface area contributed by atoms with Gasteiger partial charge >= 0.3 is 0 Å². The standard InChI is InChI=1S/C17H29N3O/c1-4-9-18-16(14-7-5-13(2)6-8-14)10-15-11-17(21-3)20-12-19-15/h11-14,16,18H,4-10H2,1-3H3. The Morgan fingerprint density at radius 3 is 2.71 bits per heavy atom. The smallest absolute Gasteiger partial charge is 0.216 e. The predicted molar refractivity (Wildman–Crippen MR) is 85.5 cm³/mol. The van der Waals surface area contributed by atoms with E-state index in [9.17, 15) is 0 Å². The van der Waals surface area contributed by atoms with E-state index in [1.54, 1.807) is 13.4 Å². The Hall–Kier alpha value is -1.16. The van der Waals surface area contributed by atoms with Crippen molar-refractivity contribution in [2.75, 3.05) is 13.7 Å². The summed E-state index contributed by atoms with van der Waals surface area (Å²) < 4.78 is 5.21. The quantitative estimate of drug-likeness (QED) is 0.838. The molecule has 0 radical (unpaired) electrons. The Kier molecular flexibility index (Phi) is 6.43. The van der Waals surface area contributed by atoms with Crippen LogP contribution in [-0.2, 0) is 6.42 Å². The van der Waals surface area contributed by atoms with Crippen LogP contribution in [0.15, 0.2) is 12.4 Å². The molecular weight excluding hydrogens is 262 g/mol. The van der Waals surface area contributed by atoms with Gasteiger partial charge in [-0.25, -0.2) is 9.97 Å². The Balaban J connectivity index is 2.01. The van der Waals surface area contributed by atoms with Crippen molar-refractivity contribution < 1.29 is 4.74 Å². The average molecular weight is 291 g/mol. The zero-order valence-electron chi connectivity index (χ0n) is 13.6. The third-order valence-electron chi connectivity index (χ3n) is 4.62. The first-order chi connectivity index (χ1) is 10.2. The van der Waals surface area contributed by atoms with E-state index >= 15 is 0 Å². The molecule has 4 nitrogen and oxygen atoms in total. The number of methoxy groups -OCH3 is 1. The van der Waals surface area contributed by atoms with E-state index in [1.165, 1.54) is 32.1 Å². The van der Waals surface area contributed by atoms with Crippen molar-refractivity contribution in [1.82, 2.24) is 15.3 Å². The van der Waals surface area contributed by atoms with Gasteiger partial charge in [0.05, 0.1) is 7.11 Å². The third kappa shape index (κ3) is 4.95. The lowest BCUT2D eigenvalue weighted by atomic mass is 9.78. The van der Waals surface area contributed by atoms with Gasteiger partial charge < -0.3 is 10.1 Å². The molecule has 0 aliphatic heterocycles. The molecule has 1 aliphatic rings. The number of aromatic nitrogens is 2. The summed E-state index contributed by atoms with van der Waals surface area (Å²) in [5, 5.41) is 3.74. The van der Waals surface area contributed by atoms with Crippen LogP contribution in [0.4, 0.5) is 0 Å². The minimum absolute atomic E-state index is 0.525. The molecule has 118 valence electrons. The molecule has 1 unspecified atom stereocenters. The lowest BCUT2D eigenvalue weighted by Gasteiger charge is -2.33. The van der Waals surface area contributed by atoms with Gasteiger partial charge in [0.25, 0.3) is 0 Å². The fourth-order valence-corrected chi connectivity index (χ4v) is 3.25. The molecule has 0 aromatic carbocycles. The van der Waals surface area contributed by atoms with E-state index in [-0.39, 0.29) is 0 Å². The Morgan fingerprint density at radius 1 is 1.29 bits per heavy atom. The van der Waals surface area contributed by atoms with E-state index in [0.29, 0.717) is 11.9 Å². The summed E-state index contributed by atoms with van der Waals surface area (Å²) in [5.74, 6) is 2.33. The van der Waals surface area contributed by atoms with E-state index in [1.807, 2.05) is 6.07 Å². The zero-order chi connectivity index (χ0) is 15.1. The SMILES string of the molecule is CCCNC(Cc1cc(OC)ncn1)C1CCC(C)CC1. The molecule has 0 bridgehead atoms. The van der Waals surface area contributed by atoms with Gasteiger partial charge in [-0.3, -0.25) is 0 Å². The van der Waals surface area contributed by atoms with Crippen LogP contribution in [0.2, 0.25) is 0 Å². The largest absolute Gasteiger partial charge is 0.481 e. The second-order valence-electron chi connectivity index (χ2n) is 6.34.